The fraction of sp³-hybridized carbons (Fsp3) is 0.185. The van der Waals surface area contributed by atoms with Crippen LogP contribution in [0.5, 0.6) is 0 Å². The zero-order valence-electron chi connectivity index (χ0n) is 19.5. The highest BCUT2D eigenvalue weighted by molar-refractivity contribution is 7.98. The second-order valence-electron chi connectivity index (χ2n) is 8.55. The van der Waals surface area contributed by atoms with E-state index in [0.717, 1.165) is 21.5 Å². The minimum Gasteiger partial charge on any atom is -0.268 e. The molecule has 0 amide bonds. The minimum absolute atomic E-state index is 0.0876. The van der Waals surface area contributed by atoms with E-state index < -0.39 is 17.3 Å². The Morgan fingerprint density at radius 3 is 2.14 bits per heavy atom. The highest BCUT2D eigenvalue weighted by Crippen LogP contribution is 2.35. The van der Waals surface area contributed by atoms with Crippen LogP contribution in [-0.4, -0.2) is 19.5 Å². The van der Waals surface area contributed by atoms with Gasteiger partial charge in [0.15, 0.2) is 0 Å². The third-order valence-electron chi connectivity index (χ3n) is 5.74. The summed E-state index contributed by atoms with van der Waals surface area (Å²) in [7, 11) is 0. The Kier molecular flexibility index (Phi) is 6.26. The number of para-hydroxylation sites is 3. The molecule has 0 atom stereocenters. The van der Waals surface area contributed by atoms with Crippen LogP contribution in [0.1, 0.15) is 37.0 Å². The zero-order chi connectivity index (χ0) is 25.4. The van der Waals surface area contributed by atoms with Gasteiger partial charge in [-0.25, -0.2) is 15.0 Å². The summed E-state index contributed by atoms with van der Waals surface area (Å²) in [5, 5.41) is 1.76. The molecule has 0 aliphatic heterocycles. The van der Waals surface area contributed by atoms with E-state index in [9.17, 15) is 18.0 Å². The Hall–Kier alpha value is -3.72. The third kappa shape index (κ3) is 4.46. The van der Waals surface area contributed by atoms with Gasteiger partial charge in [0.1, 0.15) is 16.7 Å². The molecule has 3 aromatic carbocycles. The van der Waals surface area contributed by atoms with Crippen molar-refractivity contribution in [1.29, 1.82) is 0 Å². The first-order chi connectivity index (χ1) is 17.2. The number of thioether (sulfide) groups is 1. The molecular formula is C27H21F3N4OS. The maximum atomic E-state index is 13.9. The molecule has 5 rings (SSSR count). The number of fused-ring (bicyclic) bond motifs is 2. The summed E-state index contributed by atoms with van der Waals surface area (Å²) in [6.07, 6.45) is -4.64. The van der Waals surface area contributed by atoms with E-state index in [1.165, 1.54) is 30.0 Å². The van der Waals surface area contributed by atoms with Gasteiger partial charge in [0.05, 0.1) is 33.4 Å². The zero-order valence-corrected chi connectivity index (χ0v) is 20.3. The van der Waals surface area contributed by atoms with Gasteiger partial charge in [-0.1, -0.05) is 68.1 Å². The fourth-order valence-corrected chi connectivity index (χ4v) is 4.94. The standard InChI is InChI=1S/C27H21F3N4OS/c1-16(2)24-32-20-12-6-3-9-17(20)25(33-24)36-15-23-31-21-13-7-4-10-18(21)26(35)34(23)22-14-8-5-11-19(22)27(28,29)30/h3-14,16H,15H2,1-2H3. The molecule has 5 nitrogen and oxygen atoms in total. The summed E-state index contributed by atoms with van der Waals surface area (Å²) in [5.41, 5.74) is -0.494. The van der Waals surface area contributed by atoms with Crippen LogP contribution in [0.3, 0.4) is 0 Å². The second-order valence-corrected chi connectivity index (χ2v) is 9.51. The number of hydrogen-bond acceptors (Lipinski definition) is 5. The summed E-state index contributed by atoms with van der Waals surface area (Å²) in [5.74, 6) is 1.09. The summed E-state index contributed by atoms with van der Waals surface area (Å²) < 4.78 is 42.8. The lowest BCUT2D eigenvalue weighted by atomic mass is 10.1. The van der Waals surface area contributed by atoms with Crippen molar-refractivity contribution in [3.05, 3.63) is 100 Å². The molecule has 9 heteroatoms. The van der Waals surface area contributed by atoms with Crippen LogP contribution in [0.2, 0.25) is 0 Å². The van der Waals surface area contributed by atoms with Crippen molar-refractivity contribution in [2.45, 2.75) is 36.7 Å². The first-order valence-electron chi connectivity index (χ1n) is 11.3. The highest BCUT2D eigenvalue weighted by Gasteiger charge is 2.34. The van der Waals surface area contributed by atoms with Crippen molar-refractivity contribution in [2.75, 3.05) is 0 Å². The number of halogens is 3. The Balaban J connectivity index is 1.69. The highest BCUT2D eigenvalue weighted by atomic mass is 32.2. The maximum Gasteiger partial charge on any atom is 0.418 e. The van der Waals surface area contributed by atoms with Crippen LogP contribution in [0.15, 0.2) is 82.6 Å². The molecule has 2 heterocycles. The lowest BCUT2D eigenvalue weighted by molar-refractivity contribution is -0.137. The summed E-state index contributed by atoms with van der Waals surface area (Å²) in [4.78, 5) is 27.5. The smallest absolute Gasteiger partial charge is 0.268 e. The quantitative estimate of drug-likeness (QED) is 0.195. The SMILES string of the molecule is CC(C)c1nc(SCc2nc3ccccc3c(=O)n2-c2ccccc2C(F)(F)F)c2ccccc2n1. The molecule has 182 valence electrons. The predicted molar refractivity (Wildman–Crippen MR) is 136 cm³/mol. The second kappa shape index (κ2) is 9.39. The van der Waals surface area contributed by atoms with Gasteiger partial charge < -0.3 is 0 Å². The summed E-state index contributed by atoms with van der Waals surface area (Å²) in [6, 6.07) is 19.3. The fourth-order valence-electron chi connectivity index (χ4n) is 4.00. The third-order valence-corrected chi connectivity index (χ3v) is 6.72. The maximum absolute atomic E-state index is 13.9. The van der Waals surface area contributed by atoms with Crippen LogP contribution in [0.25, 0.3) is 27.5 Å². The van der Waals surface area contributed by atoms with Gasteiger partial charge in [-0.3, -0.25) is 9.36 Å². The van der Waals surface area contributed by atoms with Gasteiger partial charge in [0.2, 0.25) is 0 Å². The number of nitrogens with zero attached hydrogens (tertiary/aromatic N) is 4. The van der Waals surface area contributed by atoms with Crippen LogP contribution in [0, 0.1) is 0 Å². The normalized spacial score (nSPS) is 12.1. The first-order valence-corrected chi connectivity index (χ1v) is 12.3. The van der Waals surface area contributed by atoms with E-state index in [1.54, 1.807) is 24.3 Å². The molecular weight excluding hydrogens is 485 g/mol. The van der Waals surface area contributed by atoms with Gasteiger partial charge >= 0.3 is 6.18 Å². The molecule has 0 unspecified atom stereocenters. The largest absolute Gasteiger partial charge is 0.418 e. The van der Waals surface area contributed by atoms with Crippen LogP contribution in [-0.2, 0) is 11.9 Å². The number of alkyl halides is 3. The van der Waals surface area contributed by atoms with Gasteiger partial charge in [0, 0.05) is 11.3 Å². The molecule has 0 fully saturated rings. The Bertz CT molecular complexity index is 1650. The molecule has 0 bridgehead atoms. The van der Waals surface area contributed by atoms with E-state index in [-0.39, 0.29) is 28.6 Å². The van der Waals surface area contributed by atoms with Crippen LogP contribution >= 0.6 is 11.8 Å². The van der Waals surface area contributed by atoms with E-state index >= 15 is 0 Å². The molecule has 0 spiro atoms. The van der Waals surface area contributed by atoms with Crippen molar-refractivity contribution in [1.82, 2.24) is 19.5 Å². The number of benzene rings is 3. The van der Waals surface area contributed by atoms with Crippen molar-refractivity contribution in [3.63, 3.8) is 0 Å². The topological polar surface area (TPSA) is 60.7 Å². The Morgan fingerprint density at radius 1 is 0.833 bits per heavy atom. The molecule has 0 saturated heterocycles. The van der Waals surface area contributed by atoms with Crippen LogP contribution in [0.4, 0.5) is 13.2 Å². The van der Waals surface area contributed by atoms with Crippen LogP contribution < -0.4 is 5.56 Å². The monoisotopic (exact) mass is 506 g/mol. The lowest BCUT2D eigenvalue weighted by Gasteiger charge is -2.18. The average Bonchev–Trinajstić information content (AvgIpc) is 2.86. The minimum atomic E-state index is -4.64. The van der Waals surface area contributed by atoms with E-state index in [2.05, 4.69) is 9.97 Å². The lowest BCUT2D eigenvalue weighted by Crippen LogP contribution is -2.26. The van der Waals surface area contributed by atoms with Gasteiger partial charge in [-0.2, -0.15) is 13.2 Å². The molecule has 0 radical (unpaired) electrons. The number of hydrogen-bond donors (Lipinski definition) is 0. The Labute approximate surface area is 209 Å². The molecule has 2 aromatic heterocycles. The molecule has 0 N–H and O–H groups in total. The molecule has 36 heavy (non-hydrogen) atoms. The molecule has 0 aliphatic carbocycles. The van der Waals surface area contributed by atoms with Crippen molar-refractivity contribution >= 4 is 33.6 Å². The summed E-state index contributed by atoms with van der Waals surface area (Å²) >= 11 is 1.32. The van der Waals surface area contributed by atoms with Crippen molar-refractivity contribution in [2.24, 2.45) is 0 Å². The first kappa shape index (κ1) is 24.0. The molecule has 0 aliphatic rings. The number of aromatic nitrogens is 4. The van der Waals surface area contributed by atoms with Gasteiger partial charge in [-0.05, 0) is 30.3 Å². The Morgan fingerprint density at radius 2 is 1.44 bits per heavy atom. The summed E-state index contributed by atoms with van der Waals surface area (Å²) in [6.45, 7) is 3.99. The van der Waals surface area contributed by atoms with E-state index in [0.29, 0.717) is 16.4 Å². The van der Waals surface area contributed by atoms with Gasteiger partial charge in [-0.15, -0.1) is 0 Å². The number of rotatable bonds is 5. The predicted octanol–water partition coefficient (Wildman–Crippen LogP) is 6.76. The van der Waals surface area contributed by atoms with E-state index in [1.807, 2.05) is 38.1 Å². The van der Waals surface area contributed by atoms with Crippen molar-refractivity contribution < 1.29 is 13.2 Å². The van der Waals surface area contributed by atoms with E-state index in [4.69, 9.17) is 4.98 Å². The van der Waals surface area contributed by atoms with Gasteiger partial charge in [0.25, 0.3) is 5.56 Å². The molecule has 5 aromatic rings. The van der Waals surface area contributed by atoms with Crippen molar-refractivity contribution in [3.8, 4) is 5.69 Å². The molecule has 0 saturated carbocycles. The average molecular weight is 507 g/mol.